The van der Waals surface area contributed by atoms with Crippen molar-refractivity contribution in [2.45, 2.75) is 31.7 Å². The summed E-state index contributed by atoms with van der Waals surface area (Å²) in [5, 5.41) is -0.368. The van der Waals surface area contributed by atoms with Crippen molar-refractivity contribution in [2.75, 3.05) is 12.4 Å². The van der Waals surface area contributed by atoms with E-state index in [1.165, 1.54) is 29.8 Å². The average Bonchev–Trinajstić information content (AvgIpc) is 3.35. The molecule has 2 heterocycles. The third-order valence-corrected chi connectivity index (χ3v) is 5.74. The molecule has 0 spiro atoms. The van der Waals surface area contributed by atoms with E-state index in [0.29, 0.717) is 17.1 Å². The predicted octanol–water partition coefficient (Wildman–Crippen LogP) is 3.23. The van der Waals surface area contributed by atoms with Crippen molar-refractivity contribution >= 4 is 29.4 Å². The van der Waals surface area contributed by atoms with Crippen molar-refractivity contribution in [3.63, 3.8) is 0 Å². The highest BCUT2D eigenvalue weighted by Gasteiger charge is 2.43. The van der Waals surface area contributed by atoms with Crippen LogP contribution in [0.4, 0.5) is 0 Å². The van der Waals surface area contributed by atoms with Gasteiger partial charge in [0.1, 0.15) is 17.2 Å². The SMILES string of the molecule is CCc1ccc(C(=O)COC(=O)[C@H]2CS[C@H](c3ccco3)N2C(C)=O)cc1. The first kappa shape index (κ1) is 19.2. The van der Waals surface area contributed by atoms with Crippen LogP contribution in [0.25, 0.3) is 0 Å². The molecule has 1 aromatic carbocycles. The summed E-state index contributed by atoms with van der Waals surface area (Å²) < 4.78 is 10.6. The molecule has 0 N–H and O–H groups in total. The van der Waals surface area contributed by atoms with Gasteiger partial charge in [0, 0.05) is 18.2 Å². The molecule has 3 rings (SSSR count). The number of carbonyl (C=O) groups is 3. The summed E-state index contributed by atoms with van der Waals surface area (Å²) in [4.78, 5) is 38.3. The lowest BCUT2D eigenvalue weighted by Crippen LogP contribution is -2.43. The average molecular weight is 387 g/mol. The molecule has 1 saturated heterocycles. The Kier molecular flexibility index (Phi) is 6.01. The molecule has 1 amide bonds. The number of hydrogen-bond donors (Lipinski definition) is 0. The minimum atomic E-state index is -0.738. The van der Waals surface area contributed by atoms with Crippen LogP contribution in [-0.4, -0.2) is 41.0 Å². The topological polar surface area (TPSA) is 76.8 Å². The molecule has 2 atom stereocenters. The molecular weight excluding hydrogens is 366 g/mol. The van der Waals surface area contributed by atoms with Crippen LogP contribution >= 0.6 is 11.8 Å². The van der Waals surface area contributed by atoms with Gasteiger partial charge in [-0.05, 0) is 24.1 Å². The van der Waals surface area contributed by atoms with E-state index < -0.39 is 12.0 Å². The maximum Gasteiger partial charge on any atom is 0.330 e. The first-order chi connectivity index (χ1) is 13.0. The van der Waals surface area contributed by atoms with E-state index in [2.05, 4.69) is 0 Å². The summed E-state index contributed by atoms with van der Waals surface area (Å²) in [6.45, 7) is 3.10. The molecule has 0 radical (unpaired) electrons. The molecule has 1 aromatic heterocycles. The highest BCUT2D eigenvalue weighted by molar-refractivity contribution is 7.99. The quantitative estimate of drug-likeness (QED) is 0.559. The largest absolute Gasteiger partial charge is 0.466 e. The zero-order chi connectivity index (χ0) is 19.4. The van der Waals surface area contributed by atoms with Crippen molar-refractivity contribution in [3.8, 4) is 0 Å². The Morgan fingerprint density at radius 3 is 2.56 bits per heavy atom. The van der Waals surface area contributed by atoms with Gasteiger partial charge in [-0.3, -0.25) is 9.59 Å². The number of ketones is 1. The highest BCUT2D eigenvalue weighted by Crippen LogP contribution is 2.41. The molecule has 7 heteroatoms. The van der Waals surface area contributed by atoms with Gasteiger partial charge in [-0.2, -0.15) is 0 Å². The standard InChI is InChI=1S/C20H21NO5S/c1-3-14-6-8-15(9-7-14)17(23)11-26-20(24)16-12-27-19(21(16)13(2)22)18-5-4-10-25-18/h4-10,16,19H,3,11-12H2,1-2H3/t16-,19-/m1/s1. The molecule has 0 bridgehead atoms. The lowest BCUT2D eigenvalue weighted by Gasteiger charge is -2.25. The van der Waals surface area contributed by atoms with Crippen LogP contribution in [0.3, 0.4) is 0 Å². The third-order valence-electron chi connectivity index (χ3n) is 4.45. The van der Waals surface area contributed by atoms with Crippen molar-refractivity contribution in [1.82, 2.24) is 4.90 Å². The zero-order valence-corrected chi connectivity index (χ0v) is 16.0. The Balaban J connectivity index is 1.63. The molecule has 0 saturated carbocycles. The first-order valence-corrected chi connectivity index (χ1v) is 9.78. The molecule has 2 aromatic rings. The smallest absolute Gasteiger partial charge is 0.330 e. The number of thioether (sulfide) groups is 1. The Morgan fingerprint density at radius 1 is 1.22 bits per heavy atom. The second-order valence-corrected chi connectivity index (χ2v) is 7.34. The number of esters is 1. The maximum atomic E-state index is 12.5. The minimum absolute atomic E-state index is 0.246. The van der Waals surface area contributed by atoms with Gasteiger partial charge in [-0.25, -0.2) is 4.79 Å². The molecular formula is C20H21NO5S. The second kappa shape index (κ2) is 8.43. The lowest BCUT2D eigenvalue weighted by molar-refractivity contribution is -0.152. The molecule has 0 unspecified atom stereocenters. The van der Waals surface area contributed by atoms with Crippen LogP contribution in [-0.2, 0) is 20.7 Å². The van der Waals surface area contributed by atoms with Crippen LogP contribution in [0.2, 0.25) is 0 Å². The summed E-state index contributed by atoms with van der Waals surface area (Å²) in [6.07, 6.45) is 2.42. The number of amides is 1. The van der Waals surface area contributed by atoms with Crippen LogP contribution in [0, 0.1) is 0 Å². The van der Waals surface area contributed by atoms with Gasteiger partial charge >= 0.3 is 5.97 Å². The number of Topliss-reactive ketones (excluding diaryl/α,β-unsaturated/α-hetero) is 1. The van der Waals surface area contributed by atoms with E-state index in [-0.39, 0.29) is 23.7 Å². The van der Waals surface area contributed by atoms with Gasteiger partial charge in [0.15, 0.2) is 12.4 Å². The Morgan fingerprint density at radius 2 is 1.96 bits per heavy atom. The summed E-state index contributed by atoms with van der Waals surface area (Å²) in [6, 6.07) is 10.00. The minimum Gasteiger partial charge on any atom is -0.466 e. The summed E-state index contributed by atoms with van der Waals surface area (Å²) in [7, 11) is 0. The van der Waals surface area contributed by atoms with Crippen molar-refractivity contribution in [3.05, 3.63) is 59.5 Å². The Bertz CT molecular complexity index is 815. The van der Waals surface area contributed by atoms with E-state index in [9.17, 15) is 14.4 Å². The molecule has 0 aliphatic carbocycles. The molecule has 27 heavy (non-hydrogen) atoms. The number of aryl methyl sites for hydroxylation is 1. The van der Waals surface area contributed by atoms with Crippen molar-refractivity contribution < 1.29 is 23.5 Å². The summed E-state index contributed by atoms with van der Waals surface area (Å²) >= 11 is 1.43. The van der Waals surface area contributed by atoms with E-state index in [1.807, 2.05) is 19.1 Å². The fourth-order valence-corrected chi connectivity index (χ4v) is 4.38. The number of hydrogen-bond acceptors (Lipinski definition) is 6. The van der Waals surface area contributed by atoms with Crippen LogP contribution in [0.15, 0.2) is 47.1 Å². The van der Waals surface area contributed by atoms with E-state index in [0.717, 1.165) is 12.0 Å². The predicted molar refractivity (Wildman–Crippen MR) is 101 cm³/mol. The number of ether oxygens (including phenoxy) is 1. The Labute approximate surface area is 161 Å². The summed E-state index contributed by atoms with van der Waals surface area (Å²) in [5.74, 6) is -0.0929. The molecule has 1 fully saturated rings. The number of rotatable bonds is 6. The summed E-state index contributed by atoms with van der Waals surface area (Å²) in [5.41, 5.74) is 1.63. The van der Waals surface area contributed by atoms with Crippen molar-refractivity contribution in [1.29, 1.82) is 0 Å². The van der Waals surface area contributed by atoms with Gasteiger partial charge in [0.05, 0.1) is 6.26 Å². The van der Waals surface area contributed by atoms with Crippen LogP contribution < -0.4 is 0 Å². The number of furan rings is 1. The molecule has 142 valence electrons. The van der Waals surface area contributed by atoms with Gasteiger partial charge in [0.2, 0.25) is 5.91 Å². The van der Waals surface area contributed by atoms with E-state index in [1.54, 1.807) is 24.3 Å². The van der Waals surface area contributed by atoms with Gasteiger partial charge < -0.3 is 14.1 Å². The molecule has 1 aliphatic heterocycles. The zero-order valence-electron chi connectivity index (χ0n) is 15.2. The molecule has 1 aliphatic rings. The van der Waals surface area contributed by atoms with Gasteiger partial charge in [-0.1, -0.05) is 31.2 Å². The fraction of sp³-hybridized carbons (Fsp3) is 0.350. The fourth-order valence-electron chi connectivity index (χ4n) is 2.97. The third kappa shape index (κ3) is 4.24. The van der Waals surface area contributed by atoms with Gasteiger partial charge in [-0.15, -0.1) is 11.8 Å². The monoisotopic (exact) mass is 387 g/mol. The lowest BCUT2D eigenvalue weighted by atomic mass is 10.1. The Hall–Kier alpha value is -2.54. The van der Waals surface area contributed by atoms with Crippen LogP contribution in [0.5, 0.6) is 0 Å². The van der Waals surface area contributed by atoms with Gasteiger partial charge in [0.25, 0.3) is 0 Å². The highest BCUT2D eigenvalue weighted by atomic mass is 32.2. The molecule has 6 nitrogen and oxygen atoms in total. The van der Waals surface area contributed by atoms with Crippen LogP contribution in [0.1, 0.15) is 40.9 Å². The van der Waals surface area contributed by atoms with E-state index >= 15 is 0 Å². The second-order valence-electron chi connectivity index (χ2n) is 6.22. The first-order valence-electron chi connectivity index (χ1n) is 8.74. The van der Waals surface area contributed by atoms with Crippen molar-refractivity contribution in [2.24, 2.45) is 0 Å². The number of nitrogens with zero attached hydrogens (tertiary/aromatic N) is 1. The number of benzene rings is 1. The normalized spacial score (nSPS) is 19.1. The maximum absolute atomic E-state index is 12.5. The van der Waals surface area contributed by atoms with E-state index in [4.69, 9.17) is 9.15 Å². The number of carbonyl (C=O) groups excluding carboxylic acids is 3.